The normalized spacial score (nSPS) is 13.5. The zero-order chi connectivity index (χ0) is 14.9. The van der Waals surface area contributed by atoms with Crippen LogP contribution in [0, 0.1) is 12.7 Å². The van der Waals surface area contributed by atoms with Gasteiger partial charge in [-0.25, -0.2) is 9.37 Å². The minimum absolute atomic E-state index is 0.0608. The molecular weight excluding hydrogens is 271 g/mol. The molecule has 2 aromatic rings. The number of halogens is 1. The van der Waals surface area contributed by atoms with Crippen molar-refractivity contribution in [2.75, 3.05) is 0 Å². The number of aromatic nitrogens is 1. The van der Waals surface area contributed by atoms with Crippen LogP contribution in [0.2, 0.25) is 0 Å². The van der Waals surface area contributed by atoms with Gasteiger partial charge in [0.25, 0.3) is 0 Å². The minimum Gasteiger partial charge on any atom is -0.324 e. The summed E-state index contributed by atoms with van der Waals surface area (Å²) in [5.41, 5.74) is 8.95. The molecular formula is C16H21FN2S. The first-order chi connectivity index (χ1) is 9.27. The third-order valence-electron chi connectivity index (χ3n) is 3.32. The Labute approximate surface area is 123 Å². The van der Waals surface area contributed by atoms with Crippen LogP contribution in [0.1, 0.15) is 48.6 Å². The molecule has 0 aliphatic heterocycles. The number of nitrogens with two attached hydrogens (primary N) is 1. The largest absolute Gasteiger partial charge is 0.324 e. The fraction of sp³-hybridized carbons (Fsp3) is 0.438. The van der Waals surface area contributed by atoms with Gasteiger partial charge in [0.2, 0.25) is 0 Å². The highest BCUT2D eigenvalue weighted by molar-refractivity contribution is 7.09. The van der Waals surface area contributed by atoms with Crippen molar-refractivity contribution in [2.45, 2.75) is 45.6 Å². The summed E-state index contributed by atoms with van der Waals surface area (Å²) in [4.78, 5) is 4.65. The summed E-state index contributed by atoms with van der Waals surface area (Å²) in [6.45, 7) is 8.20. The van der Waals surface area contributed by atoms with Gasteiger partial charge < -0.3 is 5.73 Å². The van der Waals surface area contributed by atoms with Gasteiger partial charge in [-0.3, -0.25) is 0 Å². The van der Waals surface area contributed by atoms with Crippen molar-refractivity contribution in [3.05, 3.63) is 51.2 Å². The number of aryl methyl sites for hydroxylation is 1. The molecule has 1 unspecified atom stereocenters. The second-order valence-corrected chi connectivity index (χ2v) is 7.14. The second kappa shape index (κ2) is 5.62. The molecule has 1 aromatic carbocycles. The molecule has 20 heavy (non-hydrogen) atoms. The molecule has 1 atom stereocenters. The lowest BCUT2D eigenvalue weighted by atomic mass is 9.93. The Balaban J connectivity index is 2.13. The smallest absolute Gasteiger partial charge is 0.126 e. The van der Waals surface area contributed by atoms with E-state index in [1.807, 2.05) is 6.07 Å². The fourth-order valence-electron chi connectivity index (χ4n) is 1.95. The van der Waals surface area contributed by atoms with Gasteiger partial charge in [-0.15, -0.1) is 11.3 Å². The Hall–Kier alpha value is -1.26. The Morgan fingerprint density at radius 1 is 1.35 bits per heavy atom. The third kappa shape index (κ3) is 3.44. The first-order valence-electron chi connectivity index (χ1n) is 6.74. The van der Waals surface area contributed by atoms with Crippen LogP contribution in [0.25, 0.3) is 0 Å². The van der Waals surface area contributed by atoms with Crippen molar-refractivity contribution in [1.82, 2.24) is 4.98 Å². The highest BCUT2D eigenvalue weighted by Crippen LogP contribution is 2.26. The molecule has 0 amide bonds. The molecule has 2 rings (SSSR count). The number of nitrogens with zero attached hydrogens (tertiary/aromatic N) is 1. The van der Waals surface area contributed by atoms with E-state index >= 15 is 0 Å². The van der Waals surface area contributed by atoms with E-state index in [9.17, 15) is 4.39 Å². The molecule has 0 aliphatic rings. The first kappa shape index (κ1) is 15.1. The van der Waals surface area contributed by atoms with E-state index in [0.717, 1.165) is 16.3 Å². The molecule has 0 saturated heterocycles. The van der Waals surface area contributed by atoms with Crippen molar-refractivity contribution < 1.29 is 4.39 Å². The van der Waals surface area contributed by atoms with E-state index in [4.69, 9.17) is 5.73 Å². The Morgan fingerprint density at radius 2 is 2.05 bits per heavy atom. The van der Waals surface area contributed by atoms with Crippen molar-refractivity contribution in [3.8, 4) is 0 Å². The van der Waals surface area contributed by atoms with Crippen molar-refractivity contribution in [3.63, 3.8) is 0 Å². The van der Waals surface area contributed by atoms with Gasteiger partial charge in [0, 0.05) is 23.3 Å². The average molecular weight is 292 g/mol. The van der Waals surface area contributed by atoms with E-state index in [1.54, 1.807) is 24.3 Å². The predicted octanol–water partition coefficient (Wildman–Crippen LogP) is 4.13. The van der Waals surface area contributed by atoms with Gasteiger partial charge in [0.05, 0.1) is 10.7 Å². The first-order valence-corrected chi connectivity index (χ1v) is 7.62. The topological polar surface area (TPSA) is 38.9 Å². The van der Waals surface area contributed by atoms with Gasteiger partial charge in [-0.05, 0) is 24.1 Å². The Kier molecular flexibility index (Phi) is 4.25. The third-order valence-corrected chi connectivity index (χ3v) is 4.20. The Bertz CT molecular complexity index is 599. The summed E-state index contributed by atoms with van der Waals surface area (Å²) in [6, 6.07) is 4.91. The quantitative estimate of drug-likeness (QED) is 0.923. The molecule has 2 nitrogen and oxygen atoms in total. The summed E-state index contributed by atoms with van der Waals surface area (Å²) < 4.78 is 13.3. The molecule has 1 heterocycles. The number of hydrogen-bond acceptors (Lipinski definition) is 3. The van der Waals surface area contributed by atoms with Gasteiger partial charge in [0.15, 0.2) is 0 Å². The molecule has 0 spiro atoms. The molecule has 0 radical (unpaired) electrons. The number of thiazole rings is 1. The molecule has 0 aliphatic carbocycles. The van der Waals surface area contributed by atoms with E-state index < -0.39 is 0 Å². The van der Waals surface area contributed by atoms with E-state index in [1.165, 1.54) is 6.07 Å². The van der Waals surface area contributed by atoms with Crippen LogP contribution in [0.5, 0.6) is 0 Å². The maximum absolute atomic E-state index is 13.3. The van der Waals surface area contributed by atoms with Gasteiger partial charge >= 0.3 is 0 Å². The molecule has 0 fully saturated rings. The molecule has 0 bridgehead atoms. The highest BCUT2D eigenvalue weighted by atomic mass is 32.1. The van der Waals surface area contributed by atoms with Gasteiger partial charge in [-0.2, -0.15) is 0 Å². The van der Waals surface area contributed by atoms with E-state index in [-0.39, 0.29) is 17.3 Å². The fourth-order valence-corrected chi connectivity index (χ4v) is 3.03. The molecule has 2 N–H and O–H groups in total. The van der Waals surface area contributed by atoms with E-state index in [0.29, 0.717) is 12.0 Å². The number of benzene rings is 1. The maximum Gasteiger partial charge on any atom is 0.126 e. The summed E-state index contributed by atoms with van der Waals surface area (Å²) in [5, 5.41) is 3.13. The number of rotatable bonds is 3. The van der Waals surface area contributed by atoms with Crippen LogP contribution in [-0.2, 0) is 11.8 Å². The summed E-state index contributed by atoms with van der Waals surface area (Å²) in [6.07, 6.45) is 0.686. The van der Waals surface area contributed by atoms with Gasteiger partial charge in [0.1, 0.15) is 5.82 Å². The lowest BCUT2D eigenvalue weighted by molar-refractivity contribution is 0.568. The molecule has 1 aromatic heterocycles. The van der Waals surface area contributed by atoms with Crippen LogP contribution in [0.3, 0.4) is 0 Å². The average Bonchev–Trinajstić information content (AvgIpc) is 2.81. The van der Waals surface area contributed by atoms with Gasteiger partial charge in [-0.1, -0.05) is 32.9 Å². The summed E-state index contributed by atoms with van der Waals surface area (Å²) >= 11 is 1.64. The van der Waals surface area contributed by atoms with Crippen LogP contribution < -0.4 is 5.73 Å². The standard InChI is InChI=1S/C16H21FN2S/c1-10-7-11(5-6-12(10)17)13(18)8-15-19-14(9-20-15)16(2,3)4/h5-7,9,13H,8,18H2,1-4H3. The molecule has 108 valence electrons. The minimum atomic E-state index is -0.190. The van der Waals surface area contributed by atoms with Crippen LogP contribution in [0.15, 0.2) is 23.6 Å². The predicted molar refractivity (Wildman–Crippen MR) is 82.6 cm³/mol. The lowest BCUT2D eigenvalue weighted by Crippen LogP contribution is -2.15. The van der Waals surface area contributed by atoms with Crippen molar-refractivity contribution in [2.24, 2.45) is 5.73 Å². The SMILES string of the molecule is Cc1cc(C(N)Cc2nc(C(C)(C)C)cs2)ccc1F. The monoisotopic (exact) mass is 292 g/mol. The van der Waals surface area contributed by atoms with Crippen molar-refractivity contribution in [1.29, 1.82) is 0 Å². The van der Waals surface area contributed by atoms with Crippen LogP contribution in [0.4, 0.5) is 4.39 Å². The zero-order valence-electron chi connectivity index (χ0n) is 12.4. The van der Waals surface area contributed by atoms with Crippen LogP contribution >= 0.6 is 11.3 Å². The van der Waals surface area contributed by atoms with E-state index in [2.05, 4.69) is 31.1 Å². The lowest BCUT2D eigenvalue weighted by Gasteiger charge is -2.15. The number of hydrogen-bond donors (Lipinski definition) is 1. The van der Waals surface area contributed by atoms with Crippen LogP contribution in [-0.4, -0.2) is 4.98 Å². The molecule has 4 heteroatoms. The highest BCUT2D eigenvalue weighted by Gasteiger charge is 2.18. The Morgan fingerprint density at radius 3 is 2.60 bits per heavy atom. The zero-order valence-corrected chi connectivity index (χ0v) is 13.2. The van der Waals surface area contributed by atoms with Crippen molar-refractivity contribution >= 4 is 11.3 Å². The maximum atomic E-state index is 13.3. The second-order valence-electron chi connectivity index (χ2n) is 6.20. The molecule has 0 saturated carbocycles. The summed E-state index contributed by atoms with van der Waals surface area (Å²) in [7, 11) is 0. The summed E-state index contributed by atoms with van der Waals surface area (Å²) in [5.74, 6) is -0.190.